The van der Waals surface area contributed by atoms with Crippen LogP contribution in [-0.2, 0) is 0 Å². The highest BCUT2D eigenvalue weighted by molar-refractivity contribution is 5.60. The van der Waals surface area contributed by atoms with Gasteiger partial charge in [0.25, 0.3) is 0 Å². The first-order chi connectivity index (χ1) is 9.51. The van der Waals surface area contributed by atoms with Crippen molar-refractivity contribution in [1.29, 1.82) is 5.26 Å². The van der Waals surface area contributed by atoms with Crippen molar-refractivity contribution < 1.29 is 0 Å². The summed E-state index contributed by atoms with van der Waals surface area (Å²) >= 11 is 0. The third-order valence-electron chi connectivity index (χ3n) is 3.14. The Hall–Kier alpha value is -2.61. The number of benzene rings is 1. The molecule has 0 amide bonds. The molecule has 2 rings (SSSR count). The molecule has 1 aromatic heterocycles. The fraction of sp³-hybridized carbons (Fsp3) is 0.267. The van der Waals surface area contributed by atoms with Gasteiger partial charge in [-0.25, -0.2) is 4.79 Å². The first-order valence-corrected chi connectivity index (χ1v) is 6.36. The van der Waals surface area contributed by atoms with Crippen LogP contribution in [0.3, 0.4) is 0 Å². The lowest BCUT2D eigenvalue weighted by molar-refractivity contribution is 0.866. The molecule has 0 bridgehead atoms. The number of aromatic amines is 1. The molecule has 0 aliphatic carbocycles. The zero-order chi connectivity index (χ0) is 14.7. The van der Waals surface area contributed by atoms with E-state index in [2.05, 4.69) is 35.9 Å². The molecule has 0 atom stereocenters. The number of rotatable bonds is 3. The molecule has 0 aliphatic rings. The highest BCUT2D eigenvalue weighted by Gasteiger charge is 2.08. The lowest BCUT2D eigenvalue weighted by Gasteiger charge is -2.18. The molecule has 20 heavy (non-hydrogen) atoms. The molecule has 0 fully saturated rings. The molecule has 0 radical (unpaired) electrons. The summed E-state index contributed by atoms with van der Waals surface area (Å²) in [6.45, 7) is 4.27. The van der Waals surface area contributed by atoms with Crippen molar-refractivity contribution in [3.8, 4) is 6.07 Å². The van der Waals surface area contributed by atoms with Crippen molar-refractivity contribution in [2.75, 3.05) is 11.9 Å². The molecule has 2 aromatic rings. The Morgan fingerprint density at radius 3 is 2.50 bits per heavy atom. The second kappa shape index (κ2) is 5.57. The van der Waals surface area contributed by atoms with E-state index in [1.807, 2.05) is 25.2 Å². The van der Waals surface area contributed by atoms with Crippen LogP contribution in [0.2, 0.25) is 0 Å². The first kappa shape index (κ1) is 13.8. The Morgan fingerprint density at radius 1 is 1.30 bits per heavy atom. The topological polar surface area (TPSA) is 72.8 Å². The van der Waals surface area contributed by atoms with Crippen LogP contribution < -0.4 is 10.6 Å². The van der Waals surface area contributed by atoms with Crippen LogP contribution >= 0.6 is 0 Å². The smallest absolute Gasteiger partial charge is 0.329 e. The van der Waals surface area contributed by atoms with E-state index >= 15 is 0 Å². The summed E-state index contributed by atoms with van der Waals surface area (Å²) in [6, 6.07) is 11.5. The summed E-state index contributed by atoms with van der Waals surface area (Å²) in [4.78, 5) is 19.4. The quantitative estimate of drug-likeness (QED) is 0.928. The van der Waals surface area contributed by atoms with E-state index in [0.717, 1.165) is 5.69 Å². The number of H-pyrrole nitrogens is 1. The van der Waals surface area contributed by atoms with Gasteiger partial charge in [-0.15, -0.1) is 0 Å². The van der Waals surface area contributed by atoms with E-state index < -0.39 is 5.69 Å². The van der Waals surface area contributed by atoms with Crippen LogP contribution in [0.1, 0.15) is 31.0 Å². The Kier molecular flexibility index (Phi) is 3.85. The van der Waals surface area contributed by atoms with Crippen molar-refractivity contribution in [1.82, 2.24) is 9.97 Å². The highest BCUT2D eigenvalue weighted by atomic mass is 16.1. The second-order valence-electron chi connectivity index (χ2n) is 4.88. The van der Waals surface area contributed by atoms with Crippen LogP contribution in [0.4, 0.5) is 11.5 Å². The predicted molar refractivity (Wildman–Crippen MR) is 78.2 cm³/mol. The van der Waals surface area contributed by atoms with E-state index in [9.17, 15) is 4.79 Å². The molecule has 0 saturated carbocycles. The van der Waals surface area contributed by atoms with Gasteiger partial charge in [-0.2, -0.15) is 10.2 Å². The number of nitriles is 1. The number of hydrogen-bond donors (Lipinski definition) is 1. The van der Waals surface area contributed by atoms with Gasteiger partial charge in [0.1, 0.15) is 17.6 Å². The molecule has 1 N–H and O–H groups in total. The minimum Gasteiger partial charge on any atom is -0.329 e. The summed E-state index contributed by atoms with van der Waals surface area (Å²) in [5, 5.41) is 8.87. The van der Waals surface area contributed by atoms with E-state index in [1.54, 1.807) is 11.0 Å². The summed E-state index contributed by atoms with van der Waals surface area (Å²) < 4.78 is 0. The Morgan fingerprint density at radius 2 is 1.95 bits per heavy atom. The van der Waals surface area contributed by atoms with E-state index in [0.29, 0.717) is 11.7 Å². The van der Waals surface area contributed by atoms with Crippen molar-refractivity contribution in [3.63, 3.8) is 0 Å². The molecule has 0 saturated heterocycles. The van der Waals surface area contributed by atoms with Crippen molar-refractivity contribution in [2.45, 2.75) is 19.8 Å². The summed E-state index contributed by atoms with van der Waals surface area (Å²) in [5.41, 5.74) is 1.84. The van der Waals surface area contributed by atoms with Gasteiger partial charge in [0.15, 0.2) is 0 Å². The minimum atomic E-state index is -0.523. The predicted octanol–water partition coefficient (Wildman–Crippen LogP) is 2.53. The monoisotopic (exact) mass is 268 g/mol. The number of aromatic nitrogens is 2. The SMILES string of the molecule is CC(C)c1ccc(N(C)c2cc(C#N)[nH]c(=O)n2)cc1. The molecule has 0 spiro atoms. The number of anilines is 2. The van der Waals surface area contributed by atoms with Crippen LogP contribution in [0, 0.1) is 11.3 Å². The van der Waals surface area contributed by atoms with Crippen molar-refractivity contribution in [2.24, 2.45) is 0 Å². The number of nitrogens with zero attached hydrogens (tertiary/aromatic N) is 3. The fourth-order valence-corrected chi connectivity index (χ4v) is 1.89. The van der Waals surface area contributed by atoms with Gasteiger partial charge in [-0.05, 0) is 23.6 Å². The van der Waals surface area contributed by atoms with Gasteiger partial charge in [-0.3, -0.25) is 4.98 Å². The highest BCUT2D eigenvalue weighted by Crippen LogP contribution is 2.23. The summed E-state index contributed by atoms with van der Waals surface area (Å²) in [6.07, 6.45) is 0. The standard InChI is InChI=1S/C15H16N4O/c1-10(2)11-4-6-13(7-5-11)19(3)14-8-12(9-16)17-15(20)18-14/h4-8,10H,1-3H3,(H,17,18,20). The molecule has 0 unspecified atom stereocenters. The fourth-order valence-electron chi connectivity index (χ4n) is 1.89. The Bertz CT molecular complexity index is 695. The van der Waals surface area contributed by atoms with Crippen molar-refractivity contribution >= 4 is 11.5 Å². The van der Waals surface area contributed by atoms with E-state index in [4.69, 9.17) is 5.26 Å². The molecule has 5 nitrogen and oxygen atoms in total. The largest absolute Gasteiger partial charge is 0.347 e. The number of hydrogen-bond acceptors (Lipinski definition) is 4. The molecule has 0 aliphatic heterocycles. The average molecular weight is 268 g/mol. The molecular weight excluding hydrogens is 252 g/mol. The molecule has 102 valence electrons. The summed E-state index contributed by atoms with van der Waals surface area (Å²) in [7, 11) is 1.81. The van der Waals surface area contributed by atoms with Gasteiger partial charge in [-0.1, -0.05) is 26.0 Å². The maximum Gasteiger partial charge on any atom is 0.347 e. The third kappa shape index (κ3) is 2.86. The molecular formula is C15H16N4O. The van der Waals surface area contributed by atoms with Crippen LogP contribution in [-0.4, -0.2) is 17.0 Å². The minimum absolute atomic E-state index is 0.200. The molecule has 1 heterocycles. The lowest BCUT2D eigenvalue weighted by Crippen LogP contribution is -2.19. The maximum absolute atomic E-state index is 11.4. The van der Waals surface area contributed by atoms with Gasteiger partial charge in [0.2, 0.25) is 0 Å². The van der Waals surface area contributed by atoms with Gasteiger partial charge >= 0.3 is 5.69 Å². The normalized spacial score (nSPS) is 10.3. The van der Waals surface area contributed by atoms with Gasteiger partial charge in [0, 0.05) is 18.8 Å². The van der Waals surface area contributed by atoms with E-state index in [-0.39, 0.29) is 5.69 Å². The second-order valence-corrected chi connectivity index (χ2v) is 4.88. The van der Waals surface area contributed by atoms with Gasteiger partial charge in [0.05, 0.1) is 0 Å². The maximum atomic E-state index is 11.4. The zero-order valence-electron chi connectivity index (χ0n) is 11.7. The van der Waals surface area contributed by atoms with Gasteiger partial charge < -0.3 is 4.90 Å². The summed E-state index contributed by atoms with van der Waals surface area (Å²) in [5.74, 6) is 0.917. The first-order valence-electron chi connectivity index (χ1n) is 6.36. The Labute approximate surface area is 117 Å². The van der Waals surface area contributed by atoms with Crippen LogP contribution in [0.15, 0.2) is 35.1 Å². The Balaban J connectivity index is 2.36. The average Bonchev–Trinajstić information content (AvgIpc) is 2.45. The lowest BCUT2D eigenvalue weighted by atomic mass is 10.0. The van der Waals surface area contributed by atoms with Crippen LogP contribution in [0.5, 0.6) is 0 Å². The van der Waals surface area contributed by atoms with Crippen molar-refractivity contribution in [3.05, 3.63) is 52.1 Å². The molecule has 1 aromatic carbocycles. The third-order valence-corrected chi connectivity index (χ3v) is 3.14. The molecule has 5 heteroatoms. The zero-order valence-corrected chi connectivity index (χ0v) is 11.7. The van der Waals surface area contributed by atoms with Crippen LogP contribution in [0.25, 0.3) is 0 Å². The van der Waals surface area contributed by atoms with E-state index in [1.165, 1.54) is 5.56 Å². The number of nitrogens with one attached hydrogen (secondary N) is 1.